The molecule has 8 heteroatoms. The van der Waals surface area contributed by atoms with E-state index in [-0.39, 0.29) is 12.1 Å². The van der Waals surface area contributed by atoms with Crippen LogP contribution in [0.4, 0.5) is 5.95 Å². The van der Waals surface area contributed by atoms with Crippen molar-refractivity contribution < 1.29 is 13.9 Å². The van der Waals surface area contributed by atoms with Gasteiger partial charge in [-0.15, -0.1) is 0 Å². The van der Waals surface area contributed by atoms with Crippen LogP contribution in [0.3, 0.4) is 0 Å². The zero-order valence-corrected chi connectivity index (χ0v) is 14.5. The van der Waals surface area contributed by atoms with Crippen molar-refractivity contribution in [1.29, 1.82) is 0 Å². The molecule has 0 saturated heterocycles. The summed E-state index contributed by atoms with van der Waals surface area (Å²) in [6.07, 6.45) is 3.29. The van der Waals surface area contributed by atoms with Gasteiger partial charge >= 0.3 is 6.01 Å². The van der Waals surface area contributed by atoms with Crippen molar-refractivity contribution in [2.45, 2.75) is 19.9 Å². The topological polar surface area (TPSA) is 95.2 Å². The summed E-state index contributed by atoms with van der Waals surface area (Å²) in [5.41, 5.74) is 1.88. The molecule has 0 aliphatic heterocycles. The summed E-state index contributed by atoms with van der Waals surface area (Å²) in [5, 5.41) is 3.18. The van der Waals surface area contributed by atoms with Crippen molar-refractivity contribution in [3.05, 3.63) is 30.7 Å². The van der Waals surface area contributed by atoms with Crippen molar-refractivity contribution in [2.75, 3.05) is 19.5 Å². The second-order valence-corrected chi connectivity index (χ2v) is 5.51. The van der Waals surface area contributed by atoms with E-state index in [9.17, 15) is 0 Å². The molecule has 0 aliphatic rings. The number of nitrogens with zero attached hydrogens (tertiary/aromatic N) is 4. The Hall–Kier alpha value is -3.16. The Labute approximate surface area is 145 Å². The molecule has 0 amide bonds. The molecule has 0 unspecified atom stereocenters. The fraction of sp³-hybridized carbons (Fsp3) is 0.294. The number of anilines is 1. The van der Waals surface area contributed by atoms with Gasteiger partial charge < -0.3 is 19.2 Å². The maximum absolute atomic E-state index is 5.53. The van der Waals surface area contributed by atoms with Crippen LogP contribution in [0.2, 0.25) is 0 Å². The molecule has 130 valence electrons. The number of nitrogens with one attached hydrogen (secondary N) is 1. The van der Waals surface area contributed by atoms with Crippen LogP contribution < -0.4 is 14.8 Å². The van der Waals surface area contributed by atoms with Gasteiger partial charge in [0, 0.05) is 23.9 Å². The van der Waals surface area contributed by atoms with E-state index in [0.717, 1.165) is 0 Å². The lowest BCUT2D eigenvalue weighted by Gasteiger charge is -2.12. The van der Waals surface area contributed by atoms with Gasteiger partial charge in [0.05, 0.1) is 26.2 Å². The predicted molar refractivity (Wildman–Crippen MR) is 92.6 cm³/mol. The molecule has 0 saturated carbocycles. The molecule has 0 spiro atoms. The van der Waals surface area contributed by atoms with Crippen molar-refractivity contribution in [3.63, 3.8) is 0 Å². The molecule has 3 aromatic heterocycles. The number of furan rings is 1. The number of hydrogen-bond acceptors (Lipinski definition) is 8. The van der Waals surface area contributed by atoms with Gasteiger partial charge in [0.15, 0.2) is 5.76 Å². The smallest absolute Gasteiger partial charge is 0.320 e. The molecule has 8 nitrogen and oxygen atoms in total. The van der Waals surface area contributed by atoms with Crippen LogP contribution in [0, 0.1) is 0 Å². The standard InChI is InChI=1S/C17H19N5O3/c1-10(2)19-16-18-9-11(15(22-16)13-6-5-7-25-13)12-8-14(23-3)21-17(20-12)24-4/h5-10H,1-4H3,(H,18,19,22). The van der Waals surface area contributed by atoms with Crippen LogP contribution in [0.25, 0.3) is 22.7 Å². The third-order valence-electron chi connectivity index (χ3n) is 3.31. The number of aromatic nitrogens is 4. The molecule has 3 heterocycles. The Morgan fingerprint density at radius 3 is 2.60 bits per heavy atom. The van der Waals surface area contributed by atoms with Crippen LogP contribution in [-0.2, 0) is 0 Å². The van der Waals surface area contributed by atoms with Crippen LogP contribution >= 0.6 is 0 Å². The molecule has 25 heavy (non-hydrogen) atoms. The second kappa shape index (κ2) is 7.16. The number of ether oxygens (including phenoxy) is 2. The summed E-state index contributed by atoms with van der Waals surface area (Å²) in [4.78, 5) is 17.4. The first kappa shape index (κ1) is 16.7. The lowest BCUT2D eigenvalue weighted by molar-refractivity contribution is 0.352. The molecule has 0 radical (unpaired) electrons. The number of methoxy groups -OCH3 is 2. The summed E-state index contributed by atoms with van der Waals surface area (Å²) < 4.78 is 15.9. The highest BCUT2D eigenvalue weighted by atomic mass is 16.5. The first-order chi connectivity index (χ1) is 12.1. The van der Waals surface area contributed by atoms with Crippen molar-refractivity contribution >= 4 is 5.95 Å². The largest absolute Gasteiger partial charge is 0.481 e. The summed E-state index contributed by atoms with van der Waals surface area (Å²) in [6.45, 7) is 4.04. The highest BCUT2D eigenvalue weighted by Gasteiger charge is 2.17. The average Bonchev–Trinajstić information content (AvgIpc) is 3.15. The summed E-state index contributed by atoms with van der Waals surface area (Å²) >= 11 is 0. The van der Waals surface area contributed by atoms with E-state index < -0.39 is 0 Å². The van der Waals surface area contributed by atoms with Gasteiger partial charge in [-0.2, -0.15) is 9.97 Å². The first-order valence-corrected chi connectivity index (χ1v) is 7.75. The number of rotatable bonds is 6. The monoisotopic (exact) mass is 341 g/mol. The van der Waals surface area contributed by atoms with E-state index in [1.54, 1.807) is 24.6 Å². The van der Waals surface area contributed by atoms with Crippen molar-refractivity contribution in [3.8, 4) is 34.6 Å². The minimum absolute atomic E-state index is 0.198. The minimum Gasteiger partial charge on any atom is -0.481 e. The molecule has 0 bridgehead atoms. The number of hydrogen-bond donors (Lipinski definition) is 1. The van der Waals surface area contributed by atoms with Crippen LogP contribution in [0.1, 0.15) is 13.8 Å². The maximum atomic E-state index is 5.53. The van der Waals surface area contributed by atoms with Gasteiger partial charge in [-0.25, -0.2) is 9.97 Å². The summed E-state index contributed by atoms with van der Waals surface area (Å²) in [6, 6.07) is 5.74. The minimum atomic E-state index is 0.198. The summed E-state index contributed by atoms with van der Waals surface area (Å²) in [5.74, 6) is 1.51. The third-order valence-corrected chi connectivity index (χ3v) is 3.31. The van der Waals surface area contributed by atoms with E-state index in [1.165, 1.54) is 14.2 Å². The maximum Gasteiger partial charge on any atom is 0.320 e. The Bertz CT molecular complexity index is 827. The lowest BCUT2D eigenvalue weighted by Crippen LogP contribution is -2.13. The molecule has 0 aliphatic carbocycles. The van der Waals surface area contributed by atoms with Gasteiger partial charge in [0.25, 0.3) is 0 Å². The molecule has 0 aromatic carbocycles. The zero-order valence-electron chi connectivity index (χ0n) is 14.5. The highest BCUT2D eigenvalue weighted by Crippen LogP contribution is 2.32. The average molecular weight is 341 g/mol. The molecule has 1 N–H and O–H groups in total. The Balaban J connectivity index is 2.15. The van der Waals surface area contributed by atoms with Gasteiger partial charge in [0.1, 0.15) is 5.69 Å². The van der Waals surface area contributed by atoms with Crippen LogP contribution in [-0.4, -0.2) is 40.2 Å². The lowest BCUT2D eigenvalue weighted by atomic mass is 10.1. The fourth-order valence-electron chi connectivity index (χ4n) is 2.24. The Morgan fingerprint density at radius 1 is 1.12 bits per heavy atom. The van der Waals surface area contributed by atoms with E-state index in [4.69, 9.17) is 13.9 Å². The Kier molecular flexibility index (Phi) is 4.78. The molecule has 0 fully saturated rings. The van der Waals surface area contributed by atoms with Gasteiger partial charge in [-0.1, -0.05) is 0 Å². The summed E-state index contributed by atoms with van der Waals surface area (Å²) in [7, 11) is 3.03. The van der Waals surface area contributed by atoms with Crippen molar-refractivity contribution in [2.24, 2.45) is 0 Å². The third kappa shape index (κ3) is 3.68. The fourth-order valence-corrected chi connectivity index (χ4v) is 2.24. The zero-order chi connectivity index (χ0) is 17.8. The van der Waals surface area contributed by atoms with E-state index in [1.807, 2.05) is 19.9 Å². The SMILES string of the molecule is COc1cc(-c2cnc(NC(C)C)nc2-c2ccco2)nc(OC)n1. The molecular formula is C17H19N5O3. The first-order valence-electron chi connectivity index (χ1n) is 7.75. The second-order valence-electron chi connectivity index (χ2n) is 5.51. The Morgan fingerprint density at radius 2 is 1.96 bits per heavy atom. The van der Waals surface area contributed by atoms with E-state index in [2.05, 4.69) is 25.3 Å². The molecule has 0 atom stereocenters. The van der Waals surface area contributed by atoms with Crippen LogP contribution in [0.15, 0.2) is 35.1 Å². The molecule has 3 aromatic rings. The van der Waals surface area contributed by atoms with Gasteiger partial charge in [-0.3, -0.25) is 0 Å². The van der Waals surface area contributed by atoms with Gasteiger partial charge in [0.2, 0.25) is 11.8 Å². The van der Waals surface area contributed by atoms with E-state index in [0.29, 0.717) is 34.5 Å². The molecular weight excluding hydrogens is 322 g/mol. The normalized spacial score (nSPS) is 10.8. The quantitative estimate of drug-likeness (QED) is 0.731. The van der Waals surface area contributed by atoms with Gasteiger partial charge in [-0.05, 0) is 26.0 Å². The molecule has 3 rings (SSSR count). The predicted octanol–water partition coefficient (Wildman–Crippen LogP) is 3.03. The van der Waals surface area contributed by atoms with Crippen LogP contribution in [0.5, 0.6) is 11.9 Å². The van der Waals surface area contributed by atoms with Crippen molar-refractivity contribution in [1.82, 2.24) is 19.9 Å². The van der Waals surface area contributed by atoms with E-state index >= 15 is 0 Å². The highest BCUT2D eigenvalue weighted by molar-refractivity contribution is 5.77.